The summed E-state index contributed by atoms with van der Waals surface area (Å²) in [7, 11) is 0. The van der Waals surface area contributed by atoms with Crippen LogP contribution >= 0.6 is 0 Å². The Bertz CT molecular complexity index is 1320. The van der Waals surface area contributed by atoms with E-state index in [2.05, 4.69) is 21.5 Å². The van der Waals surface area contributed by atoms with E-state index in [-0.39, 0.29) is 12.6 Å². The van der Waals surface area contributed by atoms with Crippen LogP contribution in [0.5, 0.6) is 5.75 Å². The second-order valence-electron chi connectivity index (χ2n) is 7.59. The molecule has 9 nitrogen and oxygen atoms in total. The molecule has 0 radical (unpaired) electrons. The van der Waals surface area contributed by atoms with Gasteiger partial charge in [0.1, 0.15) is 23.3 Å². The Morgan fingerprint density at radius 1 is 1.25 bits per heavy atom. The highest BCUT2D eigenvalue weighted by Gasteiger charge is 2.23. The number of nitrogens with zero attached hydrogens (tertiary/aromatic N) is 4. The fourth-order valence-electron chi connectivity index (χ4n) is 4.01. The third-order valence-electron chi connectivity index (χ3n) is 5.52. The van der Waals surface area contributed by atoms with E-state index in [4.69, 9.17) is 15.5 Å². The van der Waals surface area contributed by atoms with Crippen molar-refractivity contribution < 1.29 is 9.53 Å². The highest BCUT2D eigenvalue weighted by Crippen LogP contribution is 2.37. The van der Waals surface area contributed by atoms with E-state index in [1.165, 1.54) is 0 Å². The standard InChI is InChI=1S/C23H20N6O3/c24-20(30)13-32-17-5-1-14(2-6-17)22-23(29-10-9-25-12-21(29)27-22)26-16-4-7-18-15(11-16)3-8-19(18)28-31/h1-2,4-7,9-12,19,26H,3,8,13H2,(H2,24,30). The van der Waals surface area contributed by atoms with Gasteiger partial charge in [-0.3, -0.25) is 14.2 Å². The Hall–Kier alpha value is -4.27. The molecule has 1 aliphatic rings. The van der Waals surface area contributed by atoms with Crippen LogP contribution in [-0.4, -0.2) is 26.9 Å². The molecule has 9 heteroatoms. The molecular weight excluding hydrogens is 408 g/mol. The van der Waals surface area contributed by atoms with Crippen molar-refractivity contribution in [1.29, 1.82) is 0 Å². The summed E-state index contributed by atoms with van der Waals surface area (Å²) < 4.78 is 7.28. The molecule has 5 rings (SSSR count). The normalized spacial score (nSPS) is 14.8. The van der Waals surface area contributed by atoms with E-state index in [1.807, 2.05) is 34.9 Å². The molecule has 0 fully saturated rings. The largest absolute Gasteiger partial charge is 0.484 e. The quantitative estimate of drug-likeness (QED) is 0.432. The summed E-state index contributed by atoms with van der Waals surface area (Å²) in [6.45, 7) is -0.176. The fourth-order valence-corrected chi connectivity index (χ4v) is 4.01. The molecule has 160 valence electrons. The summed E-state index contributed by atoms with van der Waals surface area (Å²) in [6, 6.07) is 13.0. The molecule has 1 aliphatic carbocycles. The predicted molar refractivity (Wildman–Crippen MR) is 120 cm³/mol. The number of benzene rings is 2. The maximum Gasteiger partial charge on any atom is 0.255 e. The topological polar surface area (TPSA) is 124 Å². The minimum Gasteiger partial charge on any atom is -0.484 e. The molecule has 32 heavy (non-hydrogen) atoms. The predicted octanol–water partition coefficient (Wildman–Crippen LogP) is 3.76. The molecule has 0 aliphatic heterocycles. The first kappa shape index (κ1) is 19.7. The van der Waals surface area contributed by atoms with E-state index >= 15 is 0 Å². The maximum atomic E-state index is 11.0. The Balaban J connectivity index is 1.50. The lowest BCUT2D eigenvalue weighted by atomic mass is 10.1. The highest BCUT2D eigenvalue weighted by molar-refractivity contribution is 5.80. The van der Waals surface area contributed by atoms with Crippen molar-refractivity contribution in [2.24, 2.45) is 10.9 Å². The van der Waals surface area contributed by atoms with E-state index in [0.717, 1.165) is 46.7 Å². The molecule has 1 unspecified atom stereocenters. The van der Waals surface area contributed by atoms with Crippen molar-refractivity contribution in [2.75, 3.05) is 11.9 Å². The lowest BCUT2D eigenvalue weighted by molar-refractivity contribution is -0.119. The summed E-state index contributed by atoms with van der Waals surface area (Å²) in [5.41, 5.74) is 10.5. The molecule has 0 saturated heterocycles. The van der Waals surface area contributed by atoms with Crippen LogP contribution in [0.25, 0.3) is 16.9 Å². The first-order chi connectivity index (χ1) is 15.6. The molecule has 0 saturated carbocycles. The molecule has 3 N–H and O–H groups in total. The average molecular weight is 428 g/mol. The summed E-state index contributed by atoms with van der Waals surface area (Å²) in [5.74, 6) is 0.804. The van der Waals surface area contributed by atoms with E-state index in [1.54, 1.807) is 24.5 Å². The molecule has 0 spiro atoms. The summed E-state index contributed by atoms with van der Waals surface area (Å²) in [4.78, 5) is 30.9. The zero-order valence-corrected chi connectivity index (χ0v) is 17.1. The minimum absolute atomic E-state index is 0.176. The van der Waals surface area contributed by atoms with Crippen LogP contribution in [0.3, 0.4) is 0 Å². The minimum atomic E-state index is -0.530. The van der Waals surface area contributed by atoms with Crippen molar-refractivity contribution in [2.45, 2.75) is 18.9 Å². The van der Waals surface area contributed by atoms with Crippen molar-refractivity contribution in [1.82, 2.24) is 14.4 Å². The number of aromatic nitrogens is 3. The van der Waals surface area contributed by atoms with Crippen molar-refractivity contribution in [3.05, 3.63) is 77.1 Å². The molecular formula is C23H20N6O3. The van der Waals surface area contributed by atoms with Gasteiger partial charge in [0.2, 0.25) is 0 Å². The number of aryl methyl sites for hydroxylation is 1. The number of rotatable bonds is 7. The van der Waals surface area contributed by atoms with E-state index in [0.29, 0.717) is 11.4 Å². The molecule has 4 aromatic rings. The van der Waals surface area contributed by atoms with Gasteiger partial charge in [0.15, 0.2) is 12.3 Å². The molecule has 0 bridgehead atoms. The third-order valence-corrected chi connectivity index (χ3v) is 5.52. The zero-order valence-electron chi connectivity index (χ0n) is 17.1. The van der Waals surface area contributed by atoms with Crippen LogP contribution in [0.1, 0.15) is 23.6 Å². The van der Waals surface area contributed by atoms with Gasteiger partial charge in [0.05, 0.1) is 6.20 Å². The molecule has 1 atom stereocenters. The van der Waals surface area contributed by atoms with Gasteiger partial charge in [-0.05, 0) is 60.4 Å². The number of amides is 1. The van der Waals surface area contributed by atoms with Gasteiger partial charge >= 0.3 is 0 Å². The van der Waals surface area contributed by atoms with Gasteiger partial charge in [-0.1, -0.05) is 11.2 Å². The van der Waals surface area contributed by atoms with Crippen LogP contribution in [0.15, 0.2) is 66.2 Å². The Kier molecular flexibility index (Phi) is 4.98. The summed E-state index contributed by atoms with van der Waals surface area (Å²) in [6.07, 6.45) is 6.82. The van der Waals surface area contributed by atoms with E-state index < -0.39 is 5.91 Å². The lowest BCUT2D eigenvalue weighted by Crippen LogP contribution is -2.19. The monoisotopic (exact) mass is 428 g/mol. The maximum absolute atomic E-state index is 11.0. The fraction of sp³-hybridized carbons (Fsp3) is 0.174. The number of imidazole rings is 1. The second-order valence-corrected chi connectivity index (χ2v) is 7.59. The SMILES string of the molecule is NC(=O)COc1ccc(-c2nc3cnccn3c2Nc2ccc3c(c2)CCC3N=O)cc1. The van der Waals surface area contributed by atoms with Crippen LogP contribution in [-0.2, 0) is 11.2 Å². The first-order valence-electron chi connectivity index (χ1n) is 10.2. The van der Waals surface area contributed by atoms with Crippen LogP contribution in [0, 0.1) is 4.91 Å². The lowest BCUT2D eigenvalue weighted by Gasteiger charge is -2.11. The number of hydrogen-bond acceptors (Lipinski definition) is 7. The number of fused-ring (bicyclic) bond motifs is 2. The van der Waals surface area contributed by atoms with Crippen LogP contribution < -0.4 is 15.8 Å². The summed E-state index contributed by atoms with van der Waals surface area (Å²) >= 11 is 0. The van der Waals surface area contributed by atoms with Crippen LogP contribution in [0.4, 0.5) is 11.5 Å². The van der Waals surface area contributed by atoms with Crippen molar-refractivity contribution in [3.8, 4) is 17.0 Å². The van der Waals surface area contributed by atoms with Gasteiger partial charge in [-0.15, -0.1) is 0 Å². The molecule has 2 aromatic heterocycles. The number of anilines is 2. The Morgan fingerprint density at radius 3 is 2.88 bits per heavy atom. The number of nitroso groups, excluding NO2 is 1. The third kappa shape index (κ3) is 3.64. The van der Waals surface area contributed by atoms with Gasteiger partial charge in [0, 0.05) is 23.6 Å². The van der Waals surface area contributed by atoms with E-state index in [9.17, 15) is 9.70 Å². The number of carbonyl (C=O) groups is 1. The Labute approximate surface area is 183 Å². The second kappa shape index (κ2) is 8.10. The average Bonchev–Trinajstić information content (AvgIpc) is 3.39. The number of nitrogens with two attached hydrogens (primary N) is 1. The smallest absolute Gasteiger partial charge is 0.255 e. The number of carbonyl (C=O) groups excluding carboxylic acids is 1. The van der Waals surface area contributed by atoms with Gasteiger partial charge in [0.25, 0.3) is 5.91 Å². The highest BCUT2D eigenvalue weighted by atomic mass is 16.5. The Morgan fingerprint density at radius 2 is 2.09 bits per heavy atom. The van der Waals surface area contributed by atoms with Crippen molar-refractivity contribution in [3.63, 3.8) is 0 Å². The molecule has 2 aromatic carbocycles. The molecule has 1 amide bonds. The first-order valence-corrected chi connectivity index (χ1v) is 10.2. The van der Waals surface area contributed by atoms with Crippen molar-refractivity contribution >= 4 is 23.1 Å². The van der Waals surface area contributed by atoms with Gasteiger partial charge in [-0.2, -0.15) is 4.91 Å². The number of ether oxygens (including phenoxy) is 1. The number of nitrogens with one attached hydrogen (secondary N) is 1. The number of hydrogen-bond donors (Lipinski definition) is 2. The molecule has 2 heterocycles. The van der Waals surface area contributed by atoms with Gasteiger partial charge < -0.3 is 15.8 Å². The summed E-state index contributed by atoms with van der Waals surface area (Å²) in [5, 5.41) is 6.71. The zero-order chi connectivity index (χ0) is 22.1. The van der Waals surface area contributed by atoms with Crippen LogP contribution in [0.2, 0.25) is 0 Å². The number of primary amides is 1. The van der Waals surface area contributed by atoms with Gasteiger partial charge in [-0.25, -0.2) is 4.98 Å².